The SMILES string of the molecule is NC(CSc1cccc(Cl)c1)Cc1cc(F)ccc1Br. The van der Waals surface area contributed by atoms with Crippen molar-refractivity contribution < 1.29 is 4.39 Å². The van der Waals surface area contributed by atoms with E-state index in [0.717, 1.165) is 25.7 Å². The fraction of sp³-hybridized carbons (Fsp3) is 0.200. The van der Waals surface area contributed by atoms with Crippen LogP contribution in [-0.4, -0.2) is 11.8 Å². The molecule has 0 fully saturated rings. The summed E-state index contributed by atoms with van der Waals surface area (Å²) in [6.45, 7) is 0. The van der Waals surface area contributed by atoms with Gasteiger partial charge in [-0.25, -0.2) is 4.39 Å². The maximum atomic E-state index is 13.2. The average molecular weight is 375 g/mol. The Morgan fingerprint density at radius 1 is 1.25 bits per heavy atom. The summed E-state index contributed by atoms with van der Waals surface area (Å²) in [5, 5.41) is 0.719. The Kier molecular flexibility index (Phi) is 5.90. The molecule has 0 heterocycles. The minimum Gasteiger partial charge on any atom is -0.327 e. The monoisotopic (exact) mass is 373 g/mol. The van der Waals surface area contributed by atoms with Crippen molar-refractivity contribution in [3.8, 4) is 0 Å². The van der Waals surface area contributed by atoms with E-state index in [1.165, 1.54) is 12.1 Å². The molecule has 0 aliphatic carbocycles. The second-order valence-electron chi connectivity index (χ2n) is 4.47. The third-order valence-electron chi connectivity index (χ3n) is 2.75. The number of halogens is 3. The molecule has 0 radical (unpaired) electrons. The van der Waals surface area contributed by atoms with E-state index in [1.54, 1.807) is 17.8 Å². The van der Waals surface area contributed by atoms with Gasteiger partial charge in [-0.05, 0) is 48.4 Å². The van der Waals surface area contributed by atoms with E-state index < -0.39 is 0 Å². The summed E-state index contributed by atoms with van der Waals surface area (Å²) in [7, 11) is 0. The molecule has 2 aromatic carbocycles. The molecular weight excluding hydrogens is 361 g/mol. The van der Waals surface area contributed by atoms with Crippen molar-refractivity contribution in [1.82, 2.24) is 0 Å². The molecule has 1 nitrogen and oxygen atoms in total. The van der Waals surface area contributed by atoms with E-state index in [2.05, 4.69) is 15.9 Å². The van der Waals surface area contributed by atoms with Crippen LogP contribution in [0.1, 0.15) is 5.56 Å². The zero-order chi connectivity index (χ0) is 14.5. The number of benzene rings is 2. The topological polar surface area (TPSA) is 26.0 Å². The molecule has 0 bridgehead atoms. The lowest BCUT2D eigenvalue weighted by Crippen LogP contribution is -2.25. The Hall–Kier alpha value is -0.550. The molecule has 2 aromatic rings. The standard InChI is InChI=1S/C15H14BrClFNS/c16-15-5-4-12(18)6-10(15)7-13(19)9-20-14-3-1-2-11(17)8-14/h1-6,8,13H,7,9,19H2. The molecule has 0 amide bonds. The highest BCUT2D eigenvalue weighted by molar-refractivity contribution is 9.10. The van der Waals surface area contributed by atoms with E-state index in [1.807, 2.05) is 24.3 Å². The Balaban J connectivity index is 1.92. The van der Waals surface area contributed by atoms with Crippen molar-refractivity contribution in [2.75, 3.05) is 5.75 Å². The first-order chi connectivity index (χ1) is 9.54. The van der Waals surface area contributed by atoms with E-state index in [9.17, 15) is 4.39 Å². The van der Waals surface area contributed by atoms with E-state index in [-0.39, 0.29) is 11.9 Å². The summed E-state index contributed by atoms with van der Waals surface area (Å²) in [6.07, 6.45) is 0.631. The fourth-order valence-electron chi connectivity index (χ4n) is 1.80. The van der Waals surface area contributed by atoms with Gasteiger partial charge in [0, 0.05) is 26.2 Å². The van der Waals surface area contributed by atoms with Gasteiger partial charge >= 0.3 is 0 Å². The first kappa shape index (κ1) is 15.8. The number of rotatable bonds is 5. The smallest absolute Gasteiger partial charge is 0.123 e. The molecule has 106 valence electrons. The van der Waals surface area contributed by atoms with Gasteiger partial charge in [0.2, 0.25) is 0 Å². The first-order valence-electron chi connectivity index (χ1n) is 6.12. The van der Waals surface area contributed by atoms with Crippen LogP contribution in [0.4, 0.5) is 4.39 Å². The third-order valence-corrected chi connectivity index (χ3v) is 4.94. The van der Waals surface area contributed by atoms with Crippen molar-refractivity contribution in [2.45, 2.75) is 17.4 Å². The van der Waals surface area contributed by atoms with Crippen LogP contribution in [0.5, 0.6) is 0 Å². The van der Waals surface area contributed by atoms with Gasteiger partial charge < -0.3 is 5.73 Å². The Morgan fingerprint density at radius 2 is 2.05 bits per heavy atom. The van der Waals surface area contributed by atoms with Gasteiger partial charge in [0.15, 0.2) is 0 Å². The zero-order valence-corrected chi connectivity index (χ0v) is 13.8. The van der Waals surface area contributed by atoms with E-state index in [0.29, 0.717) is 6.42 Å². The molecule has 0 aliphatic rings. The van der Waals surface area contributed by atoms with Crippen LogP contribution in [0.15, 0.2) is 51.8 Å². The quantitative estimate of drug-likeness (QED) is 0.753. The highest BCUT2D eigenvalue weighted by atomic mass is 79.9. The third kappa shape index (κ3) is 4.77. The molecule has 0 saturated carbocycles. The lowest BCUT2D eigenvalue weighted by molar-refractivity contribution is 0.622. The van der Waals surface area contributed by atoms with Crippen LogP contribution in [-0.2, 0) is 6.42 Å². The van der Waals surface area contributed by atoms with Crippen LogP contribution in [0.2, 0.25) is 5.02 Å². The predicted octanol–water partition coefficient (Wildman–Crippen LogP) is 4.90. The molecule has 1 unspecified atom stereocenters. The van der Waals surface area contributed by atoms with Crippen molar-refractivity contribution in [3.63, 3.8) is 0 Å². The lowest BCUT2D eigenvalue weighted by Gasteiger charge is -2.13. The van der Waals surface area contributed by atoms with Gasteiger partial charge in [-0.2, -0.15) is 0 Å². The minimum atomic E-state index is -0.238. The first-order valence-corrected chi connectivity index (χ1v) is 8.28. The largest absolute Gasteiger partial charge is 0.327 e. The van der Waals surface area contributed by atoms with Gasteiger partial charge in [-0.15, -0.1) is 11.8 Å². The van der Waals surface area contributed by atoms with Gasteiger partial charge in [0.1, 0.15) is 5.82 Å². The van der Waals surface area contributed by atoms with Gasteiger partial charge in [0.05, 0.1) is 0 Å². The molecule has 2 N–H and O–H groups in total. The van der Waals surface area contributed by atoms with Crippen LogP contribution >= 0.6 is 39.3 Å². The molecular formula is C15H14BrClFNS. The van der Waals surface area contributed by atoms with Crippen LogP contribution < -0.4 is 5.73 Å². The molecule has 0 aliphatic heterocycles. The van der Waals surface area contributed by atoms with E-state index >= 15 is 0 Å². The predicted molar refractivity (Wildman–Crippen MR) is 88.0 cm³/mol. The number of thioether (sulfide) groups is 1. The fourth-order valence-corrected chi connectivity index (χ4v) is 3.37. The lowest BCUT2D eigenvalue weighted by atomic mass is 10.1. The number of nitrogens with two attached hydrogens (primary N) is 1. The molecule has 2 rings (SSSR count). The summed E-state index contributed by atoms with van der Waals surface area (Å²) in [5.41, 5.74) is 7.01. The normalized spacial score (nSPS) is 12.4. The maximum absolute atomic E-state index is 13.2. The molecule has 0 saturated heterocycles. The Bertz CT molecular complexity index is 594. The van der Waals surface area contributed by atoms with Crippen molar-refractivity contribution in [1.29, 1.82) is 0 Å². The van der Waals surface area contributed by atoms with Crippen LogP contribution in [0.3, 0.4) is 0 Å². The van der Waals surface area contributed by atoms with Crippen LogP contribution in [0, 0.1) is 5.82 Å². The number of hydrogen-bond acceptors (Lipinski definition) is 2. The van der Waals surface area contributed by atoms with Gasteiger partial charge in [0.25, 0.3) is 0 Å². The Labute approximate surface area is 135 Å². The minimum absolute atomic E-state index is 0.0444. The molecule has 0 aromatic heterocycles. The number of hydrogen-bond donors (Lipinski definition) is 1. The second-order valence-corrected chi connectivity index (χ2v) is 6.85. The average Bonchev–Trinajstić information content (AvgIpc) is 2.41. The second kappa shape index (κ2) is 7.46. The summed E-state index contributed by atoms with van der Waals surface area (Å²) in [5.74, 6) is 0.515. The summed E-state index contributed by atoms with van der Waals surface area (Å²) in [6, 6.07) is 12.3. The maximum Gasteiger partial charge on any atom is 0.123 e. The zero-order valence-electron chi connectivity index (χ0n) is 10.7. The van der Waals surface area contributed by atoms with Crippen molar-refractivity contribution in [3.05, 3.63) is 63.3 Å². The summed E-state index contributed by atoms with van der Waals surface area (Å²) in [4.78, 5) is 1.09. The highest BCUT2D eigenvalue weighted by Gasteiger charge is 2.09. The summed E-state index contributed by atoms with van der Waals surface area (Å²) >= 11 is 11.0. The molecule has 1 atom stereocenters. The molecule has 20 heavy (non-hydrogen) atoms. The van der Waals surface area contributed by atoms with Crippen LogP contribution in [0.25, 0.3) is 0 Å². The van der Waals surface area contributed by atoms with E-state index in [4.69, 9.17) is 17.3 Å². The van der Waals surface area contributed by atoms with Gasteiger partial charge in [-0.3, -0.25) is 0 Å². The van der Waals surface area contributed by atoms with Crippen molar-refractivity contribution >= 4 is 39.3 Å². The molecule has 0 spiro atoms. The highest BCUT2D eigenvalue weighted by Crippen LogP contribution is 2.24. The van der Waals surface area contributed by atoms with Crippen molar-refractivity contribution in [2.24, 2.45) is 5.73 Å². The molecule has 5 heteroatoms. The Morgan fingerprint density at radius 3 is 2.80 bits per heavy atom. The summed E-state index contributed by atoms with van der Waals surface area (Å²) < 4.78 is 14.1. The van der Waals surface area contributed by atoms with Gasteiger partial charge in [-0.1, -0.05) is 33.6 Å².